The highest BCUT2D eigenvalue weighted by atomic mass is 79.9. The molecule has 1 unspecified atom stereocenters. The van der Waals surface area contributed by atoms with Crippen LogP contribution >= 0.6 is 15.9 Å². The molecule has 1 rings (SSSR count). The van der Waals surface area contributed by atoms with Gasteiger partial charge in [0.1, 0.15) is 6.04 Å². The van der Waals surface area contributed by atoms with Crippen LogP contribution < -0.4 is 11.1 Å². The molecule has 1 aromatic rings. The largest absolute Gasteiger partial charge is 0.480 e. The summed E-state index contributed by atoms with van der Waals surface area (Å²) < 4.78 is 0.999. The fraction of sp³-hybridized carbons (Fsp3) is 0.364. The number of carboxylic acids is 1. The second-order valence-electron chi connectivity index (χ2n) is 3.60. The van der Waals surface area contributed by atoms with Crippen molar-refractivity contribution in [2.45, 2.75) is 19.0 Å². The summed E-state index contributed by atoms with van der Waals surface area (Å²) >= 11 is 3.45. The summed E-state index contributed by atoms with van der Waals surface area (Å²) in [4.78, 5) is 10.5. The number of nitrogens with one attached hydrogen (secondary N) is 1. The maximum Gasteiger partial charge on any atom is 0.321 e. The first-order valence-electron chi connectivity index (χ1n) is 4.98. The molecule has 0 amide bonds. The quantitative estimate of drug-likeness (QED) is 0.767. The Kier molecular flexibility index (Phi) is 4.92. The van der Waals surface area contributed by atoms with E-state index in [-0.39, 0.29) is 12.6 Å². The molecule has 0 fully saturated rings. The van der Waals surface area contributed by atoms with Gasteiger partial charge in [-0.05, 0) is 18.6 Å². The minimum absolute atomic E-state index is 0.0565. The van der Waals surface area contributed by atoms with Crippen molar-refractivity contribution in [1.29, 1.82) is 0 Å². The van der Waals surface area contributed by atoms with Gasteiger partial charge in [0.15, 0.2) is 0 Å². The predicted octanol–water partition coefficient (Wildman–Crippen LogP) is 1.51. The average molecular weight is 287 g/mol. The van der Waals surface area contributed by atoms with Crippen molar-refractivity contribution in [1.82, 2.24) is 5.32 Å². The molecule has 0 aliphatic rings. The Morgan fingerprint density at radius 1 is 1.56 bits per heavy atom. The Labute approximate surface area is 103 Å². The molecule has 0 aliphatic heterocycles. The van der Waals surface area contributed by atoms with E-state index in [1.807, 2.05) is 31.2 Å². The third-order valence-electron chi connectivity index (χ3n) is 2.33. The van der Waals surface area contributed by atoms with Crippen molar-refractivity contribution in [2.75, 3.05) is 6.54 Å². The number of nitrogens with two attached hydrogens (primary N) is 1. The molecule has 0 aromatic heterocycles. The summed E-state index contributed by atoms with van der Waals surface area (Å²) in [7, 11) is 0. The minimum atomic E-state index is -0.994. The van der Waals surface area contributed by atoms with Gasteiger partial charge >= 0.3 is 5.97 Å². The van der Waals surface area contributed by atoms with Crippen molar-refractivity contribution in [3.8, 4) is 0 Å². The molecule has 0 radical (unpaired) electrons. The zero-order valence-corrected chi connectivity index (χ0v) is 10.6. The number of hydrogen-bond donors (Lipinski definition) is 3. The molecule has 2 atom stereocenters. The molecule has 1 aromatic carbocycles. The molecule has 4 nitrogen and oxygen atoms in total. The van der Waals surface area contributed by atoms with Gasteiger partial charge in [-0.3, -0.25) is 4.79 Å². The first-order chi connectivity index (χ1) is 7.52. The number of carbonyl (C=O) groups is 1. The average Bonchev–Trinajstić information content (AvgIpc) is 2.25. The molecule has 0 spiro atoms. The van der Waals surface area contributed by atoms with Crippen LogP contribution in [-0.4, -0.2) is 23.7 Å². The van der Waals surface area contributed by atoms with Crippen molar-refractivity contribution in [3.05, 3.63) is 34.3 Å². The molecule has 0 saturated carbocycles. The lowest BCUT2D eigenvalue weighted by Gasteiger charge is -2.17. The molecule has 16 heavy (non-hydrogen) atoms. The normalized spacial score (nSPS) is 14.4. The van der Waals surface area contributed by atoms with Crippen LogP contribution in [0.2, 0.25) is 0 Å². The summed E-state index contributed by atoms with van der Waals surface area (Å²) in [5.41, 5.74) is 6.49. The second-order valence-corrected chi connectivity index (χ2v) is 4.45. The predicted molar refractivity (Wildman–Crippen MR) is 66.2 cm³/mol. The third-order valence-corrected chi connectivity index (χ3v) is 3.06. The standard InChI is InChI=1S/C11H15BrN2O2/c1-7(14-6-10(13)11(15)16)8-4-2-3-5-9(8)12/h2-5,7,10,14H,6,13H2,1H3,(H,15,16)/t7-,10?/m0/s1. The number of benzene rings is 1. The smallest absolute Gasteiger partial charge is 0.321 e. The van der Waals surface area contributed by atoms with Crippen molar-refractivity contribution < 1.29 is 9.90 Å². The van der Waals surface area contributed by atoms with E-state index in [9.17, 15) is 4.79 Å². The van der Waals surface area contributed by atoms with Crippen LogP contribution in [0, 0.1) is 0 Å². The zero-order valence-electron chi connectivity index (χ0n) is 8.98. The summed E-state index contributed by atoms with van der Waals surface area (Å²) in [6.45, 7) is 2.21. The van der Waals surface area contributed by atoms with Crippen molar-refractivity contribution >= 4 is 21.9 Å². The van der Waals surface area contributed by atoms with Gasteiger partial charge in [-0.15, -0.1) is 0 Å². The second kappa shape index (κ2) is 5.98. The van der Waals surface area contributed by atoms with Gasteiger partial charge in [-0.1, -0.05) is 34.1 Å². The molecular weight excluding hydrogens is 272 g/mol. The molecule has 0 heterocycles. The van der Waals surface area contributed by atoms with Crippen LogP contribution in [0.15, 0.2) is 28.7 Å². The lowest BCUT2D eigenvalue weighted by molar-refractivity contribution is -0.138. The molecule has 5 heteroatoms. The SMILES string of the molecule is C[C@H](NCC(N)C(=O)O)c1ccccc1Br. The molecular formula is C11H15BrN2O2. The molecule has 0 aliphatic carbocycles. The van der Waals surface area contributed by atoms with E-state index in [0.717, 1.165) is 10.0 Å². The Morgan fingerprint density at radius 2 is 2.19 bits per heavy atom. The molecule has 0 bridgehead atoms. The summed E-state index contributed by atoms with van der Waals surface area (Å²) in [6.07, 6.45) is 0. The number of aliphatic carboxylic acids is 1. The lowest BCUT2D eigenvalue weighted by atomic mass is 10.1. The van der Waals surface area contributed by atoms with E-state index < -0.39 is 12.0 Å². The van der Waals surface area contributed by atoms with Gasteiger partial charge in [0, 0.05) is 17.1 Å². The van der Waals surface area contributed by atoms with Gasteiger partial charge in [-0.25, -0.2) is 0 Å². The monoisotopic (exact) mass is 286 g/mol. The van der Waals surface area contributed by atoms with Crippen LogP contribution in [0.4, 0.5) is 0 Å². The highest BCUT2D eigenvalue weighted by molar-refractivity contribution is 9.10. The zero-order chi connectivity index (χ0) is 12.1. The van der Waals surface area contributed by atoms with Crippen molar-refractivity contribution in [3.63, 3.8) is 0 Å². The van der Waals surface area contributed by atoms with Gasteiger partial charge in [0.05, 0.1) is 0 Å². The lowest BCUT2D eigenvalue weighted by Crippen LogP contribution is -2.41. The summed E-state index contributed by atoms with van der Waals surface area (Å²) in [5, 5.41) is 11.7. The molecule has 4 N–H and O–H groups in total. The number of halogens is 1. The Balaban J connectivity index is 2.56. The summed E-state index contributed by atoms with van der Waals surface area (Å²) in [5.74, 6) is -0.994. The highest BCUT2D eigenvalue weighted by Gasteiger charge is 2.14. The van der Waals surface area contributed by atoms with Crippen LogP contribution in [0.3, 0.4) is 0 Å². The van der Waals surface area contributed by atoms with Gasteiger partial charge in [0.25, 0.3) is 0 Å². The van der Waals surface area contributed by atoms with E-state index in [0.29, 0.717) is 0 Å². The Hall–Kier alpha value is -0.910. The maximum absolute atomic E-state index is 10.5. The minimum Gasteiger partial charge on any atom is -0.480 e. The molecule has 0 saturated heterocycles. The number of hydrogen-bond acceptors (Lipinski definition) is 3. The van der Waals surface area contributed by atoms with Crippen LogP contribution in [0.1, 0.15) is 18.5 Å². The number of carboxylic acid groups (broad SMARTS) is 1. The van der Waals surface area contributed by atoms with E-state index in [1.165, 1.54) is 0 Å². The highest BCUT2D eigenvalue weighted by Crippen LogP contribution is 2.22. The van der Waals surface area contributed by atoms with E-state index in [1.54, 1.807) is 0 Å². The van der Waals surface area contributed by atoms with Crippen LogP contribution in [0.25, 0.3) is 0 Å². The fourth-order valence-electron chi connectivity index (χ4n) is 1.33. The Morgan fingerprint density at radius 3 is 2.75 bits per heavy atom. The van der Waals surface area contributed by atoms with Gasteiger partial charge in [-0.2, -0.15) is 0 Å². The first-order valence-corrected chi connectivity index (χ1v) is 5.78. The summed E-state index contributed by atoms with van der Waals surface area (Å²) in [6, 6.07) is 6.99. The van der Waals surface area contributed by atoms with E-state index in [2.05, 4.69) is 21.2 Å². The van der Waals surface area contributed by atoms with Crippen LogP contribution in [-0.2, 0) is 4.79 Å². The third kappa shape index (κ3) is 3.59. The fourth-order valence-corrected chi connectivity index (χ4v) is 1.96. The van der Waals surface area contributed by atoms with Crippen LogP contribution in [0.5, 0.6) is 0 Å². The van der Waals surface area contributed by atoms with Crippen molar-refractivity contribution in [2.24, 2.45) is 5.73 Å². The number of rotatable bonds is 5. The van der Waals surface area contributed by atoms with E-state index >= 15 is 0 Å². The Bertz CT molecular complexity index is 371. The van der Waals surface area contributed by atoms with Gasteiger partial charge < -0.3 is 16.2 Å². The first kappa shape index (κ1) is 13.2. The maximum atomic E-state index is 10.5. The van der Waals surface area contributed by atoms with Gasteiger partial charge in [0.2, 0.25) is 0 Å². The molecule has 88 valence electrons. The topological polar surface area (TPSA) is 75.3 Å². The van der Waals surface area contributed by atoms with E-state index in [4.69, 9.17) is 10.8 Å².